The Kier molecular flexibility index (Phi) is 4.21. The highest BCUT2D eigenvalue weighted by Gasteiger charge is 2.52. The minimum absolute atomic E-state index is 0.0875. The van der Waals surface area contributed by atoms with Crippen LogP contribution in [0.25, 0.3) is 0 Å². The summed E-state index contributed by atoms with van der Waals surface area (Å²) < 4.78 is 0. The van der Waals surface area contributed by atoms with Crippen molar-refractivity contribution in [2.45, 2.75) is 64.5 Å². The fourth-order valence-corrected chi connectivity index (χ4v) is 4.30. The summed E-state index contributed by atoms with van der Waals surface area (Å²) in [5.41, 5.74) is 0.0689. The highest BCUT2D eigenvalue weighted by molar-refractivity contribution is 7.09. The van der Waals surface area contributed by atoms with Crippen LogP contribution in [0.5, 0.6) is 0 Å². The van der Waals surface area contributed by atoms with Gasteiger partial charge >= 0.3 is 6.03 Å². The van der Waals surface area contributed by atoms with Gasteiger partial charge in [0.05, 0.1) is 17.2 Å². The van der Waals surface area contributed by atoms with E-state index in [-0.39, 0.29) is 24.4 Å². The summed E-state index contributed by atoms with van der Waals surface area (Å²) >= 11 is 1.58. The molecule has 1 aliphatic heterocycles. The number of urea groups is 1. The molecule has 3 rings (SSSR count). The number of aromatic nitrogens is 1. The standard InChI is InChI=1S/C16H23N3O2S/c1-3-13-17-12(10-22-13)9-19-14(20)16(2,18-15(19)21)11-7-5-4-6-8-11/h10-11H,3-9H2,1-2H3,(H,18,21). The van der Waals surface area contributed by atoms with Gasteiger partial charge in [-0.15, -0.1) is 11.3 Å². The SMILES string of the molecule is CCc1nc(CN2C(=O)NC(C)(C3CCCCC3)C2=O)cs1. The summed E-state index contributed by atoms with van der Waals surface area (Å²) in [4.78, 5) is 30.9. The van der Waals surface area contributed by atoms with Gasteiger partial charge in [-0.2, -0.15) is 0 Å². The van der Waals surface area contributed by atoms with Crippen molar-refractivity contribution in [1.82, 2.24) is 15.2 Å². The highest BCUT2D eigenvalue weighted by atomic mass is 32.1. The number of amides is 3. The van der Waals surface area contributed by atoms with E-state index >= 15 is 0 Å². The van der Waals surface area contributed by atoms with Crippen molar-refractivity contribution in [1.29, 1.82) is 0 Å². The van der Waals surface area contributed by atoms with Crippen LogP contribution in [0, 0.1) is 5.92 Å². The van der Waals surface area contributed by atoms with Gasteiger partial charge in [-0.1, -0.05) is 26.2 Å². The molecule has 1 aromatic heterocycles. The molecule has 1 aliphatic carbocycles. The Bertz CT molecular complexity index is 580. The first kappa shape index (κ1) is 15.5. The first-order chi connectivity index (χ1) is 10.5. The number of rotatable bonds is 4. The maximum atomic E-state index is 12.8. The predicted molar refractivity (Wildman–Crippen MR) is 85.6 cm³/mol. The Hall–Kier alpha value is -1.43. The summed E-state index contributed by atoms with van der Waals surface area (Å²) in [5.74, 6) is 0.166. The molecule has 0 bridgehead atoms. The molecule has 6 heteroatoms. The van der Waals surface area contributed by atoms with Gasteiger partial charge in [-0.3, -0.25) is 9.69 Å². The van der Waals surface area contributed by atoms with E-state index in [1.54, 1.807) is 11.3 Å². The molecular formula is C16H23N3O2S. The van der Waals surface area contributed by atoms with Crippen molar-refractivity contribution >= 4 is 23.3 Å². The van der Waals surface area contributed by atoms with Crippen LogP contribution in [0.2, 0.25) is 0 Å². The van der Waals surface area contributed by atoms with Gasteiger partial charge in [0.2, 0.25) is 0 Å². The Morgan fingerprint density at radius 3 is 2.73 bits per heavy atom. The van der Waals surface area contributed by atoms with Crippen LogP contribution in [0.3, 0.4) is 0 Å². The van der Waals surface area contributed by atoms with Crippen LogP contribution in [0.1, 0.15) is 56.7 Å². The van der Waals surface area contributed by atoms with E-state index in [2.05, 4.69) is 17.2 Å². The Labute approximate surface area is 135 Å². The van der Waals surface area contributed by atoms with Crippen LogP contribution in [-0.2, 0) is 17.8 Å². The fraction of sp³-hybridized carbons (Fsp3) is 0.688. The molecule has 0 spiro atoms. The molecule has 1 N–H and O–H groups in total. The molecule has 2 heterocycles. The average Bonchev–Trinajstić information content (AvgIpc) is 3.07. The molecular weight excluding hydrogens is 298 g/mol. The number of nitrogens with one attached hydrogen (secondary N) is 1. The normalized spacial score (nSPS) is 26.5. The second kappa shape index (κ2) is 5.99. The highest BCUT2D eigenvalue weighted by Crippen LogP contribution is 2.36. The lowest BCUT2D eigenvalue weighted by atomic mass is 9.75. The average molecular weight is 321 g/mol. The second-order valence-corrected chi connectivity index (χ2v) is 7.39. The fourth-order valence-electron chi connectivity index (χ4n) is 3.56. The summed E-state index contributed by atoms with van der Waals surface area (Å²) in [5, 5.41) is 5.93. The summed E-state index contributed by atoms with van der Waals surface area (Å²) in [6.45, 7) is 4.22. The lowest BCUT2D eigenvalue weighted by molar-refractivity contribution is -0.133. The number of imide groups is 1. The molecule has 2 aliphatic rings. The molecule has 22 heavy (non-hydrogen) atoms. The first-order valence-corrected chi connectivity index (χ1v) is 9.00. The topological polar surface area (TPSA) is 62.3 Å². The Morgan fingerprint density at radius 2 is 2.09 bits per heavy atom. The largest absolute Gasteiger partial charge is 0.325 e. The maximum Gasteiger partial charge on any atom is 0.325 e. The number of nitrogens with zero attached hydrogens (tertiary/aromatic N) is 2. The molecule has 1 aromatic rings. The van der Waals surface area contributed by atoms with Crippen LogP contribution in [0.15, 0.2) is 5.38 Å². The van der Waals surface area contributed by atoms with E-state index in [9.17, 15) is 9.59 Å². The first-order valence-electron chi connectivity index (χ1n) is 8.12. The van der Waals surface area contributed by atoms with Gasteiger partial charge in [-0.25, -0.2) is 9.78 Å². The molecule has 1 atom stereocenters. The maximum absolute atomic E-state index is 12.8. The monoisotopic (exact) mass is 321 g/mol. The van der Waals surface area contributed by atoms with E-state index in [1.165, 1.54) is 11.3 Å². The zero-order valence-electron chi connectivity index (χ0n) is 13.2. The van der Waals surface area contributed by atoms with E-state index < -0.39 is 5.54 Å². The molecule has 1 saturated heterocycles. The van der Waals surface area contributed by atoms with Crippen LogP contribution in [-0.4, -0.2) is 27.4 Å². The van der Waals surface area contributed by atoms with Crippen molar-refractivity contribution in [3.05, 3.63) is 16.1 Å². The predicted octanol–water partition coefficient (Wildman–Crippen LogP) is 3.10. The van der Waals surface area contributed by atoms with E-state index in [4.69, 9.17) is 0 Å². The number of carbonyl (C=O) groups is 2. The Morgan fingerprint density at radius 1 is 1.36 bits per heavy atom. The van der Waals surface area contributed by atoms with E-state index in [1.807, 2.05) is 12.3 Å². The van der Waals surface area contributed by atoms with Crippen LogP contribution < -0.4 is 5.32 Å². The quantitative estimate of drug-likeness (QED) is 0.867. The lowest BCUT2D eigenvalue weighted by Crippen LogP contribution is -2.51. The number of thiazole rings is 1. The second-order valence-electron chi connectivity index (χ2n) is 6.44. The van der Waals surface area contributed by atoms with E-state index in [0.29, 0.717) is 0 Å². The lowest BCUT2D eigenvalue weighted by Gasteiger charge is -2.34. The van der Waals surface area contributed by atoms with Crippen LogP contribution >= 0.6 is 11.3 Å². The Balaban J connectivity index is 1.75. The molecule has 1 unspecified atom stereocenters. The number of hydrogen-bond donors (Lipinski definition) is 1. The minimum atomic E-state index is -0.735. The van der Waals surface area contributed by atoms with Crippen LogP contribution in [0.4, 0.5) is 4.79 Å². The van der Waals surface area contributed by atoms with Gasteiger partial charge in [0.15, 0.2) is 0 Å². The van der Waals surface area contributed by atoms with Crippen molar-refractivity contribution in [3.63, 3.8) is 0 Å². The van der Waals surface area contributed by atoms with Crippen molar-refractivity contribution in [2.24, 2.45) is 5.92 Å². The molecule has 0 aromatic carbocycles. The number of hydrogen-bond acceptors (Lipinski definition) is 4. The van der Waals surface area contributed by atoms with Crippen molar-refractivity contribution < 1.29 is 9.59 Å². The molecule has 3 amide bonds. The van der Waals surface area contributed by atoms with Gasteiger partial charge in [0, 0.05) is 5.38 Å². The third-order valence-electron chi connectivity index (χ3n) is 4.94. The van der Waals surface area contributed by atoms with Gasteiger partial charge in [0.25, 0.3) is 5.91 Å². The molecule has 2 fully saturated rings. The molecule has 120 valence electrons. The summed E-state index contributed by atoms with van der Waals surface area (Å²) in [6, 6.07) is -0.274. The van der Waals surface area contributed by atoms with Gasteiger partial charge < -0.3 is 5.32 Å². The van der Waals surface area contributed by atoms with Crippen molar-refractivity contribution in [3.8, 4) is 0 Å². The zero-order chi connectivity index (χ0) is 15.7. The summed E-state index contributed by atoms with van der Waals surface area (Å²) in [6.07, 6.45) is 6.45. The minimum Gasteiger partial charge on any atom is -0.323 e. The zero-order valence-corrected chi connectivity index (χ0v) is 14.0. The van der Waals surface area contributed by atoms with Gasteiger partial charge in [-0.05, 0) is 32.1 Å². The molecule has 1 saturated carbocycles. The third-order valence-corrected chi connectivity index (χ3v) is 5.99. The summed E-state index contributed by atoms with van der Waals surface area (Å²) in [7, 11) is 0. The number of aryl methyl sites for hydroxylation is 1. The third kappa shape index (κ3) is 2.64. The van der Waals surface area contributed by atoms with Gasteiger partial charge in [0.1, 0.15) is 5.54 Å². The smallest absolute Gasteiger partial charge is 0.323 e. The number of carbonyl (C=O) groups excluding carboxylic acids is 2. The van der Waals surface area contributed by atoms with Crippen molar-refractivity contribution in [2.75, 3.05) is 0 Å². The molecule has 0 radical (unpaired) electrons. The molecule has 5 nitrogen and oxygen atoms in total. The van der Waals surface area contributed by atoms with E-state index in [0.717, 1.165) is 42.8 Å².